The van der Waals surface area contributed by atoms with Gasteiger partial charge in [-0.3, -0.25) is 0 Å². The van der Waals surface area contributed by atoms with Crippen molar-refractivity contribution in [1.82, 2.24) is 0 Å². The van der Waals surface area contributed by atoms with Crippen molar-refractivity contribution in [2.75, 3.05) is 5.75 Å². The highest BCUT2D eigenvalue weighted by molar-refractivity contribution is 7.80. The van der Waals surface area contributed by atoms with Gasteiger partial charge in [-0.2, -0.15) is 12.6 Å². The minimum atomic E-state index is -1.22. The first kappa shape index (κ1) is 24.0. The summed E-state index contributed by atoms with van der Waals surface area (Å²) in [5.41, 5.74) is 2.80. The maximum Gasteiger partial charge on any atom is 0.335 e. The molecule has 0 radical (unpaired) electrons. The lowest BCUT2D eigenvalue weighted by atomic mass is 10.1. The number of benzene rings is 3. The van der Waals surface area contributed by atoms with Crippen LogP contribution in [0.5, 0.6) is 0 Å². The molecule has 0 spiro atoms. The van der Waals surface area contributed by atoms with Gasteiger partial charge in [-0.15, -0.1) is 0 Å². The van der Waals surface area contributed by atoms with Crippen LogP contribution >= 0.6 is 12.6 Å². The van der Waals surface area contributed by atoms with Gasteiger partial charge in [-0.05, 0) is 16.7 Å². The van der Waals surface area contributed by atoms with Crippen LogP contribution in [0.1, 0.15) is 16.7 Å². The van der Waals surface area contributed by atoms with Gasteiger partial charge >= 0.3 is 5.97 Å². The Labute approximate surface area is 194 Å². The quantitative estimate of drug-likeness (QED) is 0.366. The molecule has 3 atom stereocenters. The molecule has 6 heteroatoms. The van der Waals surface area contributed by atoms with Crippen LogP contribution in [0.15, 0.2) is 91.0 Å². The third-order valence-corrected chi connectivity index (χ3v) is 5.31. The van der Waals surface area contributed by atoms with E-state index in [4.69, 9.17) is 14.2 Å². The van der Waals surface area contributed by atoms with Crippen molar-refractivity contribution in [2.45, 2.75) is 38.1 Å². The summed E-state index contributed by atoms with van der Waals surface area (Å²) < 4.78 is 18.0. The molecule has 0 aromatic heterocycles. The van der Waals surface area contributed by atoms with E-state index in [1.54, 1.807) is 0 Å². The van der Waals surface area contributed by atoms with Gasteiger partial charge in [-0.1, -0.05) is 91.0 Å². The van der Waals surface area contributed by atoms with E-state index in [2.05, 4.69) is 12.6 Å². The summed E-state index contributed by atoms with van der Waals surface area (Å²) in [5.74, 6) is -0.820. The van der Waals surface area contributed by atoms with Gasteiger partial charge in [0.2, 0.25) is 0 Å². The number of rotatable bonds is 13. The van der Waals surface area contributed by atoms with Gasteiger partial charge in [0.15, 0.2) is 6.10 Å². The topological polar surface area (TPSA) is 65.0 Å². The van der Waals surface area contributed by atoms with Crippen molar-refractivity contribution < 1.29 is 24.1 Å². The third-order valence-electron chi connectivity index (χ3n) is 4.95. The molecule has 0 unspecified atom stereocenters. The first-order chi connectivity index (χ1) is 15.7. The van der Waals surface area contributed by atoms with Crippen LogP contribution in [0.2, 0.25) is 0 Å². The fraction of sp³-hybridized carbons (Fsp3) is 0.269. The van der Waals surface area contributed by atoms with E-state index in [9.17, 15) is 9.90 Å². The first-order valence-corrected chi connectivity index (χ1v) is 11.1. The highest BCUT2D eigenvalue weighted by atomic mass is 32.1. The molecule has 0 heterocycles. The summed E-state index contributed by atoms with van der Waals surface area (Å²) in [5, 5.41) is 9.96. The molecule has 3 aromatic carbocycles. The molecule has 0 saturated heterocycles. The lowest BCUT2D eigenvalue weighted by molar-refractivity contribution is -0.179. The van der Waals surface area contributed by atoms with Crippen LogP contribution in [0, 0.1) is 0 Å². The van der Waals surface area contributed by atoms with Gasteiger partial charge in [0.1, 0.15) is 6.10 Å². The molecule has 0 aliphatic rings. The smallest absolute Gasteiger partial charge is 0.335 e. The number of carbonyl (C=O) groups is 1. The van der Waals surface area contributed by atoms with Crippen LogP contribution in [0.25, 0.3) is 0 Å². The summed E-state index contributed by atoms with van der Waals surface area (Å²) in [6.45, 7) is 0.715. The molecule has 0 aliphatic carbocycles. The monoisotopic (exact) mass is 452 g/mol. The highest BCUT2D eigenvalue weighted by Gasteiger charge is 2.36. The van der Waals surface area contributed by atoms with E-state index in [1.807, 2.05) is 91.0 Å². The second-order valence-corrected chi connectivity index (χ2v) is 7.70. The molecule has 32 heavy (non-hydrogen) atoms. The highest BCUT2D eigenvalue weighted by Crippen LogP contribution is 2.20. The molecule has 3 aromatic rings. The number of carboxylic acid groups (broad SMARTS) is 1. The Morgan fingerprint density at radius 1 is 0.688 bits per heavy atom. The van der Waals surface area contributed by atoms with Crippen molar-refractivity contribution in [3.8, 4) is 0 Å². The number of hydrogen-bond acceptors (Lipinski definition) is 5. The maximum atomic E-state index is 12.2. The molecular formula is C26H28O5S. The molecule has 0 saturated carbocycles. The predicted octanol–water partition coefficient (Wildman–Crippen LogP) is 4.76. The molecular weight excluding hydrogens is 424 g/mol. The zero-order chi connectivity index (χ0) is 22.6. The molecule has 1 N–H and O–H groups in total. The molecule has 5 nitrogen and oxygen atoms in total. The molecule has 0 fully saturated rings. The average Bonchev–Trinajstić information content (AvgIpc) is 2.84. The van der Waals surface area contributed by atoms with E-state index < -0.39 is 24.3 Å². The van der Waals surface area contributed by atoms with Crippen molar-refractivity contribution in [3.63, 3.8) is 0 Å². The lowest BCUT2D eigenvalue weighted by Crippen LogP contribution is -2.47. The van der Waals surface area contributed by atoms with Gasteiger partial charge in [-0.25, -0.2) is 4.79 Å². The Kier molecular flexibility index (Phi) is 9.78. The summed E-state index contributed by atoms with van der Waals surface area (Å²) in [4.78, 5) is 12.2. The first-order valence-electron chi connectivity index (χ1n) is 10.5. The fourth-order valence-corrected chi connectivity index (χ4v) is 3.57. The fourth-order valence-electron chi connectivity index (χ4n) is 3.25. The van der Waals surface area contributed by atoms with Crippen LogP contribution < -0.4 is 0 Å². The van der Waals surface area contributed by atoms with Crippen LogP contribution in [-0.2, 0) is 38.8 Å². The largest absolute Gasteiger partial charge is 0.479 e. The van der Waals surface area contributed by atoms with Crippen molar-refractivity contribution in [1.29, 1.82) is 0 Å². The summed E-state index contributed by atoms with van der Waals surface area (Å²) >= 11 is 4.43. The summed E-state index contributed by atoms with van der Waals surface area (Å²) in [6, 6.07) is 28.8. The van der Waals surface area contributed by atoms with Gasteiger partial charge in [0.25, 0.3) is 0 Å². The van der Waals surface area contributed by atoms with Gasteiger partial charge in [0.05, 0.1) is 25.9 Å². The minimum absolute atomic E-state index is 0.154. The number of aliphatic carboxylic acids is 1. The van der Waals surface area contributed by atoms with Gasteiger partial charge in [0, 0.05) is 5.75 Å². The standard InChI is InChI=1S/C26H28O5S/c27-26(28)25(31-18-22-14-8-3-9-15-22)24(30-17-21-12-6-2-7-13-21)23(19-32)29-16-20-10-4-1-5-11-20/h1-15,23-25,32H,16-19H2,(H,27,28)/t23-,24-,25-/m1/s1. The molecule has 0 bridgehead atoms. The third kappa shape index (κ3) is 7.50. The number of hydrogen-bond donors (Lipinski definition) is 2. The van der Waals surface area contributed by atoms with Crippen molar-refractivity contribution >= 4 is 18.6 Å². The molecule has 3 rings (SSSR count). The SMILES string of the molecule is O=C(O)[C@H](OCc1ccccc1)[C@H](OCc1ccccc1)[C@@H](CS)OCc1ccccc1. The van der Waals surface area contributed by atoms with Crippen molar-refractivity contribution in [2.24, 2.45) is 0 Å². The van der Waals surface area contributed by atoms with Gasteiger partial charge < -0.3 is 19.3 Å². The zero-order valence-electron chi connectivity index (χ0n) is 17.7. The number of carboxylic acids is 1. The van der Waals surface area contributed by atoms with Crippen LogP contribution in [-0.4, -0.2) is 35.1 Å². The van der Waals surface area contributed by atoms with E-state index in [1.165, 1.54) is 0 Å². The van der Waals surface area contributed by atoms with Crippen LogP contribution in [0.3, 0.4) is 0 Å². The van der Waals surface area contributed by atoms with Crippen molar-refractivity contribution in [3.05, 3.63) is 108 Å². The Bertz CT molecular complexity index is 921. The molecule has 0 aliphatic heterocycles. The molecule has 168 valence electrons. The molecule has 0 amide bonds. The van der Waals surface area contributed by atoms with E-state index >= 15 is 0 Å². The zero-order valence-corrected chi connectivity index (χ0v) is 18.6. The Morgan fingerprint density at radius 3 is 1.50 bits per heavy atom. The van der Waals surface area contributed by atoms with Crippen LogP contribution in [0.4, 0.5) is 0 Å². The Balaban J connectivity index is 1.76. The second kappa shape index (κ2) is 13.0. The normalized spacial score (nSPS) is 13.9. The van der Waals surface area contributed by atoms with E-state index in [0.717, 1.165) is 16.7 Å². The minimum Gasteiger partial charge on any atom is -0.479 e. The summed E-state index contributed by atoms with van der Waals surface area (Å²) in [7, 11) is 0. The number of thiol groups is 1. The Hall–Kier alpha value is -2.64. The second-order valence-electron chi connectivity index (χ2n) is 7.33. The average molecular weight is 453 g/mol. The van der Waals surface area contributed by atoms with E-state index in [0.29, 0.717) is 6.61 Å². The number of ether oxygens (including phenoxy) is 3. The predicted molar refractivity (Wildman–Crippen MR) is 127 cm³/mol. The lowest BCUT2D eigenvalue weighted by Gasteiger charge is -2.31. The summed E-state index contributed by atoms with van der Waals surface area (Å²) in [6.07, 6.45) is -2.65. The maximum absolute atomic E-state index is 12.2. The Morgan fingerprint density at radius 2 is 1.09 bits per heavy atom. The van der Waals surface area contributed by atoms with E-state index in [-0.39, 0.29) is 19.0 Å².